The van der Waals surface area contributed by atoms with Crippen LogP contribution in [0.25, 0.3) is 0 Å². The third-order valence-electron chi connectivity index (χ3n) is 3.41. The Kier molecular flexibility index (Phi) is 5.15. The summed E-state index contributed by atoms with van der Waals surface area (Å²) in [6, 6.07) is 9.72. The maximum Gasteiger partial charge on any atom is 0.423 e. The molecule has 0 unspecified atom stereocenters. The summed E-state index contributed by atoms with van der Waals surface area (Å²) >= 11 is 5.70. The molecule has 24 heavy (non-hydrogen) atoms. The molecular weight excluding hydrogens is 350 g/mol. The van der Waals surface area contributed by atoms with Crippen LogP contribution in [0.5, 0.6) is 0 Å². The highest BCUT2D eigenvalue weighted by atomic mass is 35.5. The zero-order valence-electron chi connectivity index (χ0n) is 12.1. The molecule has 0 aliphatic heterocycles. The van der Waals surface area contributed by atoms with Gasteiger partial charge in [0.1, 0.15) is 5.82 Å². The first-order chi connectivity index (χ1) is 11.2. The van der Waals surface area contributed by atoms with Gasteiger partial charge in [-0.1, -0.05) is 48.0 Å². The summed E-state index contributed by atoms with van der Waals surface area (Å²) in [5.41, 5.74) is -4.35. The van der Waals surface area contributed by atoms with Crippen LogP contribution in [0.4, 0.5) is 17.6 Å². The second kappa shape index (κ2) is 6.78. The average molecular weight is 362 g/mol. The smallest absolute Gasteiger partial charge is 0.375 e. The number of nitrogens with one attached hydrogen (secondary N) is 1. The SMILES string of the molecule is O=C(NC[C@](O)(c1ccccc1)C(F)(F)F)c1c(F)cccc1Cl. The van der Waals surface area contributed by atoms with E-state index in [2.05, 4.69) is 0 Å². The van der Waals surface area contributed by atoms with Gasteiger partial charge in [0.05, 0.1) is 17.1 Å². The van der Waals surface area contributed by atoms with Gasteiger partial charge in [0.25, 0.3) is 5.91 Å². The minimum atomic E-state index is -5.05. The number of alkyl halides is 3. The van der Waals surface area contributed by atoms with Crippen molar-refractivity contribution in [3.63, 3.8) is 0 Å². The molecule has 0 saturated heterocycles. The van der Waals surface area contributed by atoms with Crippen LogP contribution in [0, 0.1) is 5.82 Å². The Balaban J connectivity index is 2.28. The minimum absolute atomic E-state index is 0.247. The van der Waals surface area contributed by atoms with Crippen LogP contribution >= 0.6 is 11.6 Å². The molecule has 1 amide bonds. The molecule has 0 spiro atoms. The number of amides is 1. The lowest BCUT2D eigenvalue weighted by Crippen LogP contribution is -2.51. The lowest BCUT2D eigenvalue weighted by atomic mass is 9.93. The highest BCUT2D eigenvalue weighted by Gasteiger charge is 2.55. The lowest BCUT2D eigenvalue weighted by Gasteiger charge is -2.31. The van der Waals surface area contributed by atoms with Crippen LogP contribution in [0.2, 0.25) is 5.02 Å². The van der Waals surface area contributed by atoms with Crippen LogP contribution in [-0.2, 0) is 5.60 Å². The fourth-order valence-electron chi connectivity index (χ4n) is 2.09. The van der Waals surface area contributed by atoms with E-state index in [9.17, 15) is 27.5 Å². The lowest BCUT2D eigenvalue weighted by molar-refractivity contribution is -0.263. The van der Waals surface area contributed by atoms with Crippen LogP contribution < -0.4 is 5.32 Å². The van der Waals surface area contributed by atoms with Gasteiger partial charge >= 0.3 is 6.18 Å². The molecule has 0 radical (unpaired) electrons. The molecular formula is C16H12ClF4NO2. The third kappa shape index (κ3) is 3.52. The van der Waals surface area contributed by atoms with Crippen molar-refractivity contribution in [1.82, 2.24) is 5.32 Å². The highest BCUT2D eigenvalue weighted by molar-refractivity contribution is 6.33. The quantitative estimate of drug-likeness (QED) is 0.817. The van der Waals surface area contributed by atoms with Gasteiger partial charge < -0.3 is 10.4 Å². The number of aliphatic hydroxyl groups is 1. The summed E-state index contributed by atoms with van der Waals surface area (Å²) in [6.45, 7) is -1.19. The maximum absolute atomic E-state index is 13.6. The van der Waals surface area contributed by atoms with E-state index in [1.165, 1.54) is 30.3 Å². The molecule has 0 aliphatic carbocycles. The summed E-state index contributed by atoms with van der Waals surface area (Å²) in [5.74, 6) is -2.13. The van der Waals surface area contributed by atoms with Crippen LogP contribution in [-0.4, -0.2) is 23.7 Å². The molecule has 128 valence electrons. The predicted octanol–water partition coefficient (Wildman–Crippen LogP) is 3.66. The van der Waals surface area contributed by atoms with E-state index < -0.39 is 41.2 Å². The monoisotopic (exact) mass is 361 g/mol. The fourth-order valence-corrected chi connectivity index (χ4v) is 2.34. The minimum Gasteiger partial charge on any atom is -0.375 e. The van der Waals surface area contributed by atoms with Crippen LogP contribution in [0.1, 0.15) is 15.9 Å². The number of hydrogen-bond donors (Lipinski definition) is 2. The normalized spacial score (nSPS) is 14.1. The molecule has 2 aromatic carbocycles. The Bertz CT molecular complexity index is 716. The summed E-state index contributed by atoms with van der Waals surface area (Å²) in [7, 11) is 0. The summed E-state index contributed by atoms with van der Waals surface area (Å²) in [4.78, 5) is 12.0. The number of rotatable bonds is 4. The van der Waals surface area contributed by atoms with Crippen molar-refractivity contribution >= 4 is 17.5 Å². The number of carbonyl (C=O) groups excluding carboxylic acids is 1. The molecule has 0 heterocycles. The van der Waals surface area contributed by atoms with E-state index in [1.807, 2.05) is 5.32 Å². The zero-order chi connectivity index (χ0) is 18.0. The van der Waals surface area contributed by atoms with Crippen LogP contribution in [0.3, 0.4) is 0 Å². The van der Waals surface area contributed by atoms with Crippen molar-refractivity contribution in [2.75, 3.05) is 6.54 Å². The average Bonchev–Trinajstić information content (AvgIpc) is 2.52. The van der Waals surface area contributed by atoms with E-state index in [-0.39, 0.29) is 5.02 Å². The predicted molar refractivity (Wildman–Crippen MR) is 80.1 cm³/mol. The molecule has 0 bridgehead atoms. The van der Waals surface area contributed by atoms with Crippen LogP contribution in [0.15, 0.2) is 48.5 Å². The molecule has 8 heteroatoms. The zero-order valence-corrected chi connectivity index (χ0v) is 12.8. The van der Waals surface area contributed by atoms with E-state index in [4.69, 9.17) is 11.6 Å². The molecule has 0 saturated carbocycles. The Hall–Kier alpha value is -2.12. The Labute approximate surface area is 139 Å². The van der Waals surface area contributed by atoms with E-state index in [0.29, 0.717) is 0 Å². The second-order valence-corrected chi connectivity index (χ2v) is 5.41. The largest absolute Gasteiger partial charge is 0.423 e. The molecule has 2 N–H and O–H groups in total. The Morgan fingerprint density at radius 1 is 1.08 bits per heavy atom. The maximum atomic E-state index is 13.6. The first-order valence-electron chi connectivity index (χ1n) is 6.73. The number of benzene rings is 2. The van der Waals surface area contributed by atoms with Crippen molar-refractivity contribution < 1.29 is 27.5 Å². The van der Waals surface area contributed by atoms with Crippen molar-refractivity contribution in [2.24, 2.45) is 0 Å². The van der Waals surface area contributed by atoms with Crippen molar-refractivity contribution in [3.8, 4) is 0 Å². The standard InChI is InChI=1S/C16H12ClF4NO2/c17-11-7-4-8-12(18)13(11)14(23)22-9-15(24,16(19,20)21)10-5-2-1-3-6-10/h1-8,24H,9H2,(H,22,23)/t15-/m0/s1. The Morgan fingerprint density at radius 3 is 2.25 bits per heavy atom. The van der Waals surface area contributed by atoms with Crippen molar-refractivity contribution in [3.05, 3.63) is 70.5 Å². The molecule has 2 rings (SSSR count). The van der Waals surface area contributed by atoms with E-state index >= 15 is 0 Å². The second-order valence-electron chi connectivity index (χ2n) is 5.00. The van der Waals surface area contributed by atoms with Gasteiger partial charge in [-0.15, -0.1) is 0 Å². The molecule has 3 nitrogen and oxygen atoms in total. The first-order valence-corrected chi connectivity index (χ1v) is 7.11. The van der Waals surface area contributed by atoms with Crippen molar-refractivity contribution in [2.45, 2.75) is 11.8 Å². The molecule has 0 fully saturated rings. The van der Waals surface area contributed by atoms with Gasteiger partial charge in [-0.3, -0.25) is 4.79 Å². The van der Waals surface area contributed by atoms with Gasteiger partial charge in [0, 0.05) is 0 Å². The number of halogens is 5. The van der Waals surface area contributed by atoms with E-state index in [0.717, 1.165) is 18.2 Å². The molecule has 2 aromatic rings. The summed E-state index contributed by atoms with van der Waals surface area (Å²) < 4.78 is 53.5. The fraction of sp³-hybridized carbons (Fsp3) is 0.188. The molecule has 1 atom stereocenters. The number of hydrogen-bond acceptors (Lipinski definition) is 2. The Morgan fingerprint density at radius 2 is 1.71 bits per heavy atom. The van der Waals surface area contributed by atoms with Crippen molar-refractivity contribution in [1.29, 1.82) is 0 Å². The highest BCUT2D eigenvalue weighted by Crippen LogP contribution is 2.38. The number of carbonyl (C=O) groups is 1. The summed E-state index contributed by atoms with van der Waals surface area (Å²) in [6.07, 6.45) is -5.05. The molecule has 0 aromatic heterocycles. The topological polar surface area (TPSA) is 49.3 Å². The summed E-state index contributed by atoms with van der Waals surface area (Å²) in [5, 5.41) is 11.7. The van der Waals surface area contributed by atoms with Gasteiger partial charge in [0.15, 0.2) is 0 Å². The molecule has 0 aliphatic rings. The van der Waals surface area contributed by atoms with Gasteiger partial charge in [0.2, 0.25) is 5.60 Å². The first kappa shape index (κ1) is 18.2. The van der Waals surface area contributed by atoms with E-state index in [1.54, 1.807) is 0 Å². The van der Waals surface area contributed by atoms with Gasteiger partial charge in [-0.05, 0) is 17.7 Å². The third-order valence-corrected chi connectivity index (χ3v) is 3.73. The van der Waals surface area contributed by atoms with Gasteiger partial charge in [-0.25, -0.2) is 4.39 Å². The van der Waals surface area contributed by atoms with Gasteiger partial charge in [-0.2, -0.15) is 13.2 Å².